The van der Waals surface area contributed by atoms with E-state index >= 15 is 0 Å². The van der Waals surface area contributed by atoms with Gasteiger partial charge in [-0.1, -0.05) is 30.2 Å². The molecule has 0 bridgehead atoms. The van der Waals surface area contributed by atoms with Gasteiger partial charge in [-0.2, -0.15) is 0 Å². The van der Waals surface area contributed by atoms with Gasteiger partial charge in [-0.25, -0.2) is 4.79 Å². The number of carbonyl (C=O) groups is 1. The molecule has 1 aromatic carbocycles. The molecule has 1 aliphatic rings. The molecule has 1 saturated heterocycles. The summed E-state index contributed by atoms with van der Waals surface area (Å²) in [4.78, 5) is 16.0. The minimum absolute atomic E-state index is 0.0781. The van der Waals surface area contributed by atoms with Crippen LogP contribution >= 0.6 is 0 Å². The second-order valence-corrected chi connectivity index (χ2v) is 5.10. The molecule has 0 saturated carbocycles. The second kappa shape index (κ2) is 6.46. The van der Waals surface area contributed by atoms with Crippen molar-refractivity contribution in [1.82, 2.24) is 15.1 Å². The molecular formula is C15H19N5O2. The highest BCUT2D eigenvalue weighted by Gasteiger charge is 2.24. The normalized spacial score (nSPS) is 15.0. The van der Waals surface area contributed by atoms with E-state index in [1.54, 1.807) is 4.90 Å². The first-order valence-electron chi connectivity index (χ1n) is 7.44. The molecule has 0 atom stereocenters. The van der Waals surface area contributed by atoms with Crippen LogP contribution in [-0.2, 0) is 6.42 Å². The summed E-state index contributed by atoms with van der Waals surface area (Å²) in [6.07, 6.45) is 0.729. The molecule has 7 nitrogen and oxygen atoms in total. The average molecular weight is 301 g/mol. The minimum atomic E-state index is -0.0781. The average Bonchev–Trinajstić information content (AvgIpc) is 3.05. The fourth-order valence-corrected chi connectivity index (χ4v) is 2.34. The largest absolute Gasteiger partial charge is 0.408 e. The van der Waals surface area contributed by atoms with Gasteiger partial charge in [0.1, 0.15) is 0 Å². The first kappa shape index (κ1) is 14.4. The zero-order valence-corrected chi connectivity index (χ0v) is 12.5. The number of para-hydroxylation sites is 1. The minimum Gasteiger partial charge on any atom is -0.408 e. The number of urea groups is 1. The summed E-state index contributed by atoms with van der Waals surface area (Å²) in [5.41, 5.74) is 0.805. The summed E-state index contributed by atoms with van der Waals surface area (Å²) in [6.45, 7) is 4.61. The maximum atomic E-state index is 12.2. The Morgan fingerprint density at radius 2 is 1.91 bits per heavy atom. The van der Waals surface area contributed by atoms with Crippen LogP contribution in [0.25, 0.3) is 0 Å². The Morgan fingerprint density at radius 1 is 1.18 bits per heavy atom. The van der Waals surface area contributed by atoms with E-state index in [1.807, 2.05) is 42.2 Å². The van der Waals surface area contributed by atoms with Crippen LogP contribution in [0.3, 0.4) is 0 Å². The van der Waals surface area contributed by atoms with Crippen molar-refractivity contribution >= 4 is 17.7 Å². The number of aryl methyl sites for hydroxylation is 1. The molecule has 1 N–H and O–H groups in total. The Bertz CT molecular complexity index is 620. The molecule has 2 heterocycles. The van der Waals surface area contributed by atoms with E-state index in [9.17, 15) is 4.79 Å². The number of amides is 2. The predicted molar refractivity (Wildman–Crippen MR) is 82.9 cm³/mol. The highest BCUT2D eigenvalue weighted by Crippen LogP contribution is 2.15. The molecule has 7 heteroatoms. The summed E-state index contributed by atoms with van der Waals surface area (Å²) in [5, 5.41) is 10.9. The SMILES string of the molecule is CCc1nnc(N2CCN(C(=O)Nc3ccccc3)CC2)o1. The third kappa shape index (κ3) is 3.19. The predicted octanol–water partition coefficient (Wildman–Crippen LogP) is 1.99. The maximum Gasteiger partial charge on any atom is 0.321 e. The van der Waals surface area contributed by atoms with Gasteiger partial charge in [-0.05, 0) is 12.1 Å². The van der Waals surface area contributed by atoms with Crippen molar-refractivity contribution in [2.75, 3.05) is 36.4 Å². The molecule has 2 aromatic rings. The molecule has 22 heavy (non-hydrogen) atoms. The number of benzene rings is 1. The van der Waals surface area contributed by atoms with Crippen molar-refractivity contribution in [3.63, 3.8) is 0 Å². The topological polar surface area (TPSA) is 74.5 Å². The van der Waals surface area contributed by atoms with Crippen molar-refractivity contribution in [3.8, 4) is 0 Å². The molecule has 0 unspecified atom stereocenters. The molecular weight excluding hydrogens is 282 g/mol. The van der Waals surface area contributed by atoms with Crippen LogP contribution in [0, 0.1) is 0 Å². The van der Waals surface area contributed by atoms with Crippen LogP contribution in [0.2, 0.25) is 0 Å². The quantitative estimate of drug-likeness (QED) is 0.938. The number of carbonyl (C=O) groups excluding carboxylic acids is 1. The van der Waals surface area contributed by atoms with Crippen LogP contribution in [0.5, 0.6) is 0 Å². The van der Waals surface area contributed by atoms with E-state index in [0.717, 1.165) is 12.1 Å². The van der Waals surface area contributed by atoms with Crippen molar-refractivity contribution < 1.29 is 9.21 Å². The first-order valence-corrected chi connectivity index (χ1v) is 7.44. The monoisotopic (exact) mass is 301 g/mol. The zero-order valence-electron chi connectivity index (χ0n) is 12.5. The Balaban J connectivity index is 1.54. The lowest BCUT2D eigenvalue weighted by atomic mass is 10.3. The first-order chi connectivity index (χ1) is 10.8. The third-order valence-electron chi connectivity index (χ3n) is 3.62. The molecule has 0 spiro atoms. The van der Waals surface area contributed by atoms with Gasteiger partial charge in [0.05, 0.1) is 0 Å². The Kier molecular flexibility index (Phi) is 4.22. The fourth-order valence-electron chi connectivity index (χ4n) is 2.34. The van der Waals surface area contributed by atoms with Gasteiger partial charge in [0.15, 0.2) is 0 Å². The van der Waals surface area contributed by atoms with E-state index in [2.05, 4.69) is 15.5 Å². The second-order valence-electron chi connectivity index (χ2n) is 5.10. The van der Waals surface area contributed by atoms with Crippen molar-refractivity contribution in [3.05, 3.63) is 36.2 Å². The van der Waals surface area contributed by atoms with E-state index in [0.29, 0.717) is 38.1 Å². The molecule has 116 valence electrons. The standard InChI is InChI=1S/C15H19N5O2/c1-2-13-17-18-15(22-13)20-10-8-19(9-11-20)14(21)16-12-6-4-3-5-7-12/h3-7H,2,8-11H2,1H3,(H,16,21). The van der Waals surface area contributed by atoms with Crippen molar-refractivity contribution in [2.45, 2.75) is 13.3 Å². The summed E-state index contributed by atoms with van der Waals surface area (Å²) < 4.78 is 5.55. The van der Waals surface area contributed by atoms with Gasteiger partial charge < -0.3 is 19.5 Å². The highest BCUT2D eigenvalue weighted by atomic mass is 16.4. The van der Waals surface area contributed by atoms with Gasteiger partial charge in [0.2, 0.25) is 5.89 Å². The van der Waals surface area contributed by atoms with E-state index in [1.165, 1.54) is 0 Å². The number of rotatable bonds is 3. The third-order valence-corrected chi connectivity index (χ3v) is 3.62. The fraction of sp³-hybridized carbons (Fsp3) is 0.400. The van der Waals surface area contributed by atoms with Gasteiger partial charge >= 0.3 is 12.0 Å². The summed E-state index contributed by atoms with van der Waals surface area (Å²) in [6, 6.07) is 9.93. The molecule has 0 radical (unpaired) electrons. The van der Waals surface area contributed by atoms with Crippen molar-refractivity contribution in [2.24, 2.45) is 0 Å². The number of aromatic nitrogens is 2. The van der Waals surface area contributed by atoms with Crippen molar-refractivity contribution in [1.29, 1.82) is 0 Å². The van der Waals surface area contributed by atoms with E-state index in [4.69, 9.17) is 4.42 Å². The number of anilines is 2. The molecule has 1 aliphatic heterocycles. The molecule has 3 rings (SSSR count). The zero-order chi connectivity index (χ0) is 15.4. The highest BCUT2D eigenvalue weighted by molar-refractivity contribution is 5.89. The van der Waals surface area contributed by atoms with Gasteiger partial charge in [0.25, 0.3) is 0 Å². The van der Waals surface area contributed by atoms with Gasteiger partial charge in [-0.3, -0.25) is 0 Å². The Morgan fingerprint density at radius 3 is 2.55 bits per heavy atom. The van der Waals surface area contributed by atoms with E-state index < -0.39 is 0 Å². The summed E-state index contributed by atoms with van der Waals surface area (Å²) in [7, 11) is 0. The van der Waals surface area contributed by atoms with Crippen LogP contribution in [-0.4, -0.2) is 47.3 Å². The molecule has 0 aliphatic carbocycles. The Hall–Kier alpha value is -2.57. The maximum absolute atomic E-state index is 12.2. The summed E-state index contributed by atoms with van der Waals surface area (Å²) >= 11 is 0. The molecule has 1 aromatic heterocycles. The number of piperazine rings is 1. The molecule has 2 amide bonds. The van der Waals surface area contributed by atoms with Crippen LogP contribution < -0.4 is 10.2 Å². The van der Waals surface area contributed by atoms with Crippen LogP contribution in [0.15, 0.2) is 34.7 Å². The molecule has 1 fully saturated rings. The number of nitrogens with one attached hydrogen (secondary N) is 1. The number of hydrogen-bond acceptors (Lipinski definition) is 5. The number of nitrogens with zero attached hydrogens (tertiary/aromatic N) is 4. The van der Waals surface area contributed by atoms with Crippen LogP contribution in [0.1, 0.15) is 12.8 Å². The smallest absolute Gasteiger partial charge is 0.321 e. The lowest BCUT2D eigenvalue weighted by Gasteiger charge is -2.33. The number of hydrogen-bond donors (Lipinski definition) is 1. The van der Waals surface area contributed by atoms with Gasteiger partial charge in [0, 0.05) is 38.3 Å². The van der Waals surface area contributed by atoms with E-state index in [-0.39, 0.29) is 6.03 Å². The summed E-state index contributed by atoms with van der Waals surface area (Å²) in [5.74, 6) is 0.638. The van der Waals surface area contributed by atoms with Gasteiger partial charge in [-0.15, -0.1) is 5.10 Å². The van der Waals surface area contributed by atoms with Crippen LogP contribution in [0.4, 0.5) is 16.5 Å². The lowest BCUT2D eigenvalue weighted by molar-refractivity contribution is 0.207. The Labute approximate surface area is 128 Å². The lowest BCUT2D eigenvalue weighted by Crippen LogP contribution is -2.50.